The fourth-order valence-electron chi connectivity index (χ4n) is 3.06. The summed E-state index contributed by atoms with van der Waals surface area (Å²) in [6.07, 6.45) is 2.78. The molecule has 29 heavy (non-hydrogen) atoms. The first-order valence-electron chi connectivity index (χ1n) is 8.61. The number of carbonyl (C=O) groups excluding carboxylic acids is 1. The number of nitrogens with zero attached hydrogens (tertiary/aromatic N) is 3. The van der Waals surface area contributed by atoms with E-state index < -0.39 is 0 Å². The fourth-order valence-corrected chi connectivity index (χ4v) is 4.03. The van der Waals surface area contributed by atoms with Gasteiger partial charge in [-0.25, -0.2) is 14.1 Å². The highest BCUT2D eigenvalue weighted by Crippen LogP contribution is 2.28. The maximum atomic E-state index is 13.8. The number of hydrogen-bond donors (Lipinski definition) is 2. The predicted octanol–water partition coefficient (Wildman–Crippen LogP) is 3.71. The van der Waals surface area contributed by atoms with Crippen molar-refractivity contribution in [2.24, 2.45) is 0 Å². The largest absolute Gasteiger partial charge is 0.321 e. The third kappa shape index (κ3) is 2.97. The summed E-state index contributed by atoms with van der Waals surface area (Å²) in [5, 5.41) is 7.84. The van der Waals surface area contributed by atoms with Crippen LogP contribution in [0.15, 0.2) is 65.8 Å². The Morgan fingerprint density at radius 1 is 1.14 bits per heavy atom. The van der Waals surface area contributed by atoms with Gasteiger partial charge in [0.15, 0.2) is 5.65 Å². The topological polar surface area (TPSA) is 92.7 Å². The van der Waals surface area contributed by atoms with Crippen LogP contribution in [0, 0.1) is 5.82 Å². The van der Waals surface area contributed by atoms with Crippen molar-refractivity contribution in [3.05, 3.63) is 82.1 Å². The van der Waals surface area contributed by atoms with E-state index in [4.69, 9.17) is 0 Å². The molecule has 0 unspecified atom stereocenters. The summed E-state index contributed by atoms with van der Waals surface area (Å²) >= 11 is 1.24. The minimum Gasteiger partial charge on any atom is -0.321 e. The first-order valence-corrected chi connectivity index (χ1v) is 9.43. The van der Waals surface area contributed by atoms with Crippen molar-refractivity contribution in [3.63, 3.8) is 0 Å². The summed E-state index contributed by atoms with van der Waals surface area (Å²) in [6.45, 7) is 0. The highest BCUT2D eigenvalue weighted by atomic mass is 32.1. The number of benzene rings is 2. The molecule has 2 aromatic carbocycles. The molecule has 0 atom stereocenters. The highest BCUT2D eigenvalue weighted by Gasteiger charge is 2.13. The molecule has 3 heterocycles. The maximum Gasteiger partial charge on any atom is 0.265 e. The van der Waals surface area contributed by atoms with Gasteiger partial charge in [-0.1, -0.05) is 6.07 Å². The van der Waals surface area contributed by atoms with Gasteiger partial charge in [-0.15, -0.1) is 11.3 Å². The number of carbonyl (C=O) groups is 1. The molecule has 7 nitrogen and oxygen atoms in total. The predicted molar refractivity (Wildman–Crippen MR) is 109 cm³/mol. The van der Waals surface area contributed by atoms with Gasteiger partial charge in [0.1, 0.15) is 11.2 Å². The van der Waals surface area contributed by atoms with E-state index in [-0.39, 0.29) is 17.3 Å². The minimum atomic E-state index is -0.346. The van der Waals surface area contributed by atoms with E-state index in [1.54, 1.807) is 47.1 Å². The molecular weight excluding hydrogens is 393 g/mol. The molecule has 0 aliphatic heterocycles. The zero-order valence-electron chi connectivity index (χ0n) is 14.7. The number of fused-ring (bicyclic) bond motifs is 2. The SMILES string of the molecule is O=C(Nc1ccc(-n2ncc3c(=O)[nH]cnc32)cc1)c1cc2c(F)cccc2s1. The summed E-state index contributed by atoms with van der Waals surface area (Å²) in [4.78, 5) is 31.4. The van der Waals surface area contributed by atoms with Gasteiger partial charge in [-0.2, -0.15) is 5.10 Å². The summed E-state index contributed by atoms with van der Waals surface area (Å²) < 4.78 is 16.1. The Labute approximate surface area is 166 Å². The number of anilines is 1. The van der Waals surface area contributed by atoms with Crippen molar-refractivity contribution in [2.75, 3.05) is 5.32 Å². The quantitative estimate of drug-likeness (QED) is 0.479. The van der Waals surface area contributed by atoms with Crippen LogP contribution in [-0.2, 0) is 0 Å². The van der Waals surface area contributed by atoms with E-state index in [2.05, 4.69) is 20.4 Å². The zero-order chi connectivity index (χ0) is 20.0. The van der Waals surface area contributed by atoms with Crippen LogP contribution in [0.25, 0.3) is 26.8 Å². The highest BCUT2D eigenvalue weighted by molar-refractivity contribution is 7.20. The number of nitrogens with one attached hydrogen (secondary N) is 2. The van der Waals surface area contributed by atoms with Crippen molar-refractivity contribution in [2.45, 2.75) is 0 Å². The van der Waals surface area contributed by atoms with Crippen LogP contribution in [0.1, 0.15) is 9.67 Å². The van der Waals surface area contributed by atoms with E-state index in [0.29, 0.717) is 32.7 Å². The third-order valence-corrected chi connectivity index (χ3v) is 5.57. The molecule has 0 aliphatic rings. The van der Waals surface area contributed by atoms with Crippen molar-refractivity contribution in [1.29, 1.82) is 0 Å². The van der Waals surface area contributed by atoms with Crippen LogP contribution in [0.5, 0.6) is 0 Å². The molecular formula is C20H12FN5O2S. The van der Waals surface area contributed by atoms with Crippen molar-refractivity contribution < 1.29 is 9.18 Å². The molecule has 0 spiro atoms. The average molecular weight is 405 g/mol. The number of thiophene rings is 1. The Kier molecular flexibility index (Phi) is 3.95. The number of halogens is 1. The van der Waals surface area contributed by atoms with E-state index in [1.165, 1.54) is 29.9 Å². The minimum absolute atomic E-state index is 0.259. The molecule has 2 N–H and O–H groups in total. The molecule has 0 radical (unpaired) electrons. The monoisotopic (exact) mass is 405 g/mol. The van der Waals surface area contributed by atoms with Gasteiger partial charge in [0.05, 0.1) is 23.1 Å². The maximum absolute atomic E-state index is 13.8. The summed E-state index contributed by atoms with van der Waals surface area (Å²) in [6, 6.07) is 13.3. The lowest BCUT2D eigenvalue weighted by Crippen LogP contribution is -2.10. The van der Waals surface area contributed by atoms with Gasteiger partial charge < -0.3 is 10.3 Å². The van der Waals surface area contributed by atoms with Crippen LogP contribution < -0.4 is 10.9 Å². The van der Waals surface area contributed by atoms with Crippen LogP contribution in [0.4, 0.5) is 10.1 Å². The molecule has 1 amide bonds. The first kappa shape index (κ1) is 17.3. The van der Waals surface area contributed by atoms with Crippen LogP contribution in [0.2, 0.25) is 0 Å². The Morgan fingerprint density at radius 2 is 1.97 bits per heavy atom. The number of rotatable bonds is 3. The molecule has 0 saturated carbocycles. The number of amides is 1. The molecule has 0 fully saturated rings. The van der Waals surface area contributed by atoms with Crippen LogP contribution in [0.3, 0.4) is 0 Å². The van der Waals surface area contributed by atoms with Crippen molar-refractivity contribution in [1.82, 2.24) is 19.7 Å². The van der Waals surface area contributed by atoms with Crippen molar-refractivity contribution >= 4 is 44.1 Å². The van der Waals surface area contributed by atoms with Gasteiger partial charge in [0.25, 0.3) is 11.5 Å². The molecule has 0 saturated heterocycles. The Balaban J connectivity index is 1.41. The summed E-state index contributed by atoms with van der Waals surface area (Å²) in [5.74, 6) is -0.655. The normalized spacial score (nSPS) is 11.2. The molecule has 5 rings (SSSR count). The van der Waals surface area contributed by atoms with E-state index in [1.807, 2.05) is 0 Å². The lowest BCUT2D eigenvalue weighted by atomic mass is 10.2. The average Bonchev–Trinajstić information content (AvgIpc) is 3.35. The lowest BCUT2D eigenvalue weighted by molar-refractivity contribution is 0.103. The third-order valence-electron chi connectivity index (χ3n) is 4.47. The smallest absolute Gasteiger partial charge is 0.265 e. The second kappa shape index (κ2) is 6.64. The van der Waals surface area contributed by atoms with E-state index in [9.17, 15) is 14.0 Å². The number of aromatic amines is 1. The number of aromatic nitrogens is 4. The summed E-state index contributed by atoms with van der Waals surface area (Å²) in [7, 11) is 0. The Bertz CT molecular complexity index is 1440. The van der Waals surface area contributed by atoms with Crippen LogP contribution >= 0.6 is 11.3 Å². The fraction of sp³-hybridized carbons (Fsp3) is 0. The molecule has 3 aromatic heterocycles. The van der Waals surface area contributed by atoms with Crippen molar-refractivity contribution in [3.8, 4) is 5.69 Å². The Hall–Kier alpha value is -3.85. The molecule has 9 heteroatoms. The molecule has 5 aromatic rings. The zero-order valence-corrected chi connectivity index (χ0v) is 15.5. The summed E-state index contributed by atoms with van der Waals surface area (Å²) in [5.41, 5.74) is 1.46. The van der Waals surface area contributed by atoms with Gasteiger partial charge in [0, 0.05) is 15.8 Å². The number of H-pyrrole nitrogens is 1. The van der Waals surface area contributed by atoms with Gasteiger partial charge in [0.2, 0.25) is 0 Å². The number of hydrogen-bond acceptors (Lipinski definition) is 5. The second-order valence-corrected chi connectivity index (χ2v) is 7.37. The second-order valence-electron chi connectivity index (χ2n) is 6.29. The lowest BCUT2D eigenvalue weighted by Gasteiger charge is -2.06. The standard InChI is InChI=1S/C20H12FN5O2S/c21-15-2-1-3-16-13(15)8-17(29-16)20(28)25-11-4-6-12(7-5-11)26-18-14(9-24-26)19(27)23-10-22-18/h1-10H,(H,25,28)(H,22,23,27). The Morgan fingerprint density at radius 3 is 2.76 bits per heavy atom. The van der Waals surface area contributed by atoms with Gasteiger partial charge in [-0.3, -0.25) is 9.59 Å². The van der Waals surface area contributed by atoms with E-state index >= 15 is 0 Å². The first-order chi connectivity index (χ1) is 14.1. The van der Waals surface area contributed by atoms with Gasteiger partial charge in [-0.05, 0) is 42.5 Å². The van der Waals surface area contributed by atoms with Crippen LogP contribution in [-0.4, -0.2) is 25.7 Å². The molecule has 0 aliphatic carbocycles. The molecule has 0 bridgehead atoms. The van der Waals surface area contributed by atoms with Gasteiger partial charge >= 0.3 is 0 Å². The molecule has 142 valence electrons. The van der Waals surface area contributed by atoms with E-state index in [0.717, 1.165) is 4.70 Å².